The van der Waals surface area contributed by atoms with Gasteiger partial charge in [-0.3, -0.25) is 5.01 Å². The first-order chi connectivity index (χ1) is 17.0. The van der Waals surface area contributed by atoms with Gasteiger partial charge >= 0.3 is 0 Å². The maximum atomic E-state index is 12.3. The van der Waals surface area contributed by atoms with Gasteiger partial charge in [-0.05, 0) is 60.0 Å². The van der Waals surface area contributed by atoms with Crippen LogP contribution in [0.1, 0.15) is 18.9 Å². The van der Waals surface area contributed by atoms with E-state index in [9.17, 15) is 8.42 Å². The molecule has 5 nitrogen and oxygen atoms in total. The van der Waals surface area contributed by atoms with Gasteiger partial charge in [0.25, 0.3) is 0 Å². The summed E-state index contributed by atoms with van der Waals surface area (Å²) in [5.74, 6) is 0.333. The summed E-state index contributed by atoms with van der Waals surface area (Å²) in [7, 11) is -3.05. The van der Waals surface area contributed by atoms with Crippen molar-refractivity contribution in [2.45, 2.75) is 25.9 Å². The van der Waals surface area contributed by atoms with Crippen LogP contribution in [-0.4, -0.2) is 36.7 Å². The molecule has 5 aromatic rings. The summed E-state index contributed by atoms with van der Waals surface area (Å²) < 4.78 is 26.9. The highest BCUT2D eigenvalue weighted by atomic mass is 32.2. The summed E-state index contributed by atoms with van der Waals surface area (Å²) in [6.45, 7) is 3.07. The molecule has 1 saturated heterocycles. The maximum absolute atomic E-state index is 12.3. The van der Waals surface area contributed by atoms with Gasteiger partial charge in [-0.25, -0.2) is 8.42 Å². The summed E-state index contributed by atoms with van der Waals surface area (Å²) in [5.41, 5.74) is 4.33. The number of fused-ring (bicyclic) bond motifs is 4. The first kappa shape index (κ1) is 21.9. The standard InChI is InChI=1S/C29H27N3O2S/c1-2-31-28-10-6-5-9-26(28)27-17-21(11-14-29(27)31)19-30-32(25-15-16-35(33,34)20-25)24-13-12-22-7-3-4-8-23(22)18-24/h3-14,17-19,25H,2,15-16,20H2,1H3. The molecular weight excluding hydrogens is 454 g/mol. The first-order valence-electron chi connectivity index (χ1n) is 12.1. The Kier molecular flexibility index (Phi) is 5.33. The van der Waals surface area contributed by atoms with E-state index in [0.29, 0.717) is 6.42 Å². The molecule has 1 aliphatic heterocycles. The van der Waals surface area contributed by atoms with Crippen molar-refractivity contribution in [3.05, 3.63) is 90.5 Å². The number of hydrogen-bond donors (Lipinski definition) is 0. The summed E-state index contributed by atoms with van der Waals surface area (Å²) >= 11 is 0. The van der Waals surface area contributed by atoms with Gasteiger partial charge in [-0.1, -0.05) is 54.6 Å². The maximum Gasteiger partial charge on any atom is 0.152 e. The SMILES string of the molecule is CCn1c2ccccc2c2cc(C=NN(c3ccc4ccccc4c3)C3CCS(=O)(=O)C3)ccc21. The minimum absolute atomic E-state index is 0.125. The summed E-state index contributed by atoms with van der Waals surface area (Å²) in [5, 5.41) is 11.5. The van der Waals surface area contributed by atoms with Gasteiger partial charge in [0.15, 0.2) is 9.84 Å². The van der Waals surface area contributed by atoms with Gasteiger partial charge in [0.05, 0.1) is 29.4 Å². The van der Waals surface area contributed by atoms with E-state index in [1.54, 1.807) is 0 Å². The van der Waals surface area contributed by atoms with Gasteiger partial charge < -0.3 is 4.57 Å². The Labute approximate surface area is 205 Å². The molecule has 0 amide bonds. The smallest absolute Gasteiger partial charge is 0.152 e. The van der Waals surface area contributed by atoms with E-state index in [2.05, 4.69) is 78.2 Å². The minimum Gasteiger partial charge on any atom is -0.341 e. The third kappa shape index (κ3) is 3.98. The van der Waals surface area contributed by atoms with Gasteiger partial charge in [-0.15, -0.1) is 0 Å². The van der Waals surface area contributed by atoms with E-state index >= 15 is 0 Å². The van der Waals surface area contributed by atoms with Crippen molar-refractivity contribution in [1.29, 1.82) is 0 Å². The monoisotopic (exact) mass is 481 g/mol. The normalized spacial score (nSPS) is 17.7. The molecule has 6 heteroatoms. The molecule has 0 aliphatic carbocycles. The quantitative estimate of drug-likeness (QED) is 0.229. The van der Waals surface area contributed by atoms with Crippen LogP contribution in [0, 0.1) is 0 Å². The van der Waals surface area contributed by atoms with Crippen LogP contribution >= 0.6 is 0 Å². The molecule has 176 valence electrons. The molecule has 1 aliphatic rings. The number of anilines is 1. The molecule has 1 atom stereocenters. The van der Waals surface area contributed by atoms with Crippen LogP contribution in [0.5, 0.6) is 0 Å². The third-order valence-corrected chi connectivity index (χ3v) is 8.75. The molecule has 1 fully saturated rings. The molecule has 1 aromatic heterocycles. The van der Waals surface area contributed by atoms with Crippen molar-refractivity contribution in [2.24, 2.45) is 5.10 Å². The number of sulfone groups is 1. The van der Waals surface area contributed by atoms with E-state index in [1.165, 1.54) is 21.8 Å². The van der Waals surface area contributed by atoms with Gasteiger partial charge in [-0.2, -0.15) is 5.10 Å². The van der Waals surface area contributed by atoms with E-state index in [4.69, 9.17) is 5.10 Å². The summed E-state index contributed by atoms with van der Waals surface area (Å²) in [6, 6.07) is 29.1. The molecule has 0 spiro atoms. The molecule has 35 heavy (non-hydrogen) atoms. The van der Waals surface area contributed by atoms with E-state index in [-0.39, 0.29) is 17.5 Å². The van der Waals surface area contributed by atoms with E-state index < -0.39 is 9.84 Å². The van der Waals surface area contributed by atoms with E-state index in [0.717, 1.165) is 28.6 Å². The summed E-state index contributed by atoms with van der Waals surface area (Å²) in [4.78, 5) is 0. The molecule has 2 heterocycles. The second-order valence-electron chi connectivity index (χ2n) is 9.22. The highest BCUT2D eigenvalue weighted by molar-refractivity contribution is 7.91. The largest absolute Gasteiger partial charge is 0.341 e. The predicted octanol–water partition coefficient (Wildman–Crippen LogP) is 6.00. The van der Waals surface area contributed by atoms with Crippen LogP contribution in [0.2, 0.25) is 0 Å². The Balaban J connectivity index is 1.42. The number of rotatable bonds is 5. The van der Waals surface area contributed by atoms with Crippen LogP contribution in [-0.2, 0) is 16.4 Å². The van der Waals surface area contributed by atoms with Crippen molar-refractivity contribution in [2.75, 3.05) is 16.5 Å². The highest BCUT2D eigenvalue weighted by Gasteiger charge is 2.32. The van der Waals surface area contributed by atoms with Crippen LogP contribution in [0.25, 0.3) is 32.6 Å². The Bertz CT molecular complexity index is 1700. The molecule has 0 bridgehead atoms. The molecule has 4 aromatic carbocycles. The highest BCUT2D eigenvalue weighted by Crippen LogP contribution is 2.31. The van der Waals surface area contributed by atoms with Crippen LogP contribution in [0.15, 0.2) is 90.0 Å². The molecular formula is C29H27N3O2S. The Hall–Kier alpha value is -3.64. The van der Waals surface area contributed by atoms with Crippen LogP contribution < -0.4 is 5.01 Å². The molecule has 0 radical (unpaired) electrons. The van der Waals surface area contributed by atoms with Crippen molar-refractivity contribution >= 4 is 54.3 Å². The lowest BCUT2D eigenvalue weighted by atomic mass is 10.1. The number of nitrogens with zero attached hydrogens (tertiary/aromatic N) is 3. The van der Waals surface area contributed by atoms with Gasteiger partial charge in [0.1, 0.15) is 0 Å². The van der Waals surface area contributed by atoms with Crippen LogP contribution in [0.3, 0.4) is 0 Å². The van der Waals surface area contributed by atoms with Crippen molar-refractivity contribution in [1.82, 2.24) is 4.57 Å². The van der Waals surface area contributed by atoms with Crippen molar-refractivity contribution in [3.8, 4) is 0 Å². The second kappa shape index (κ2) is 8.54. The second-order valence-corrected chi connectivity index (χ2v) is 11.4. The minimum atomic E-state index is -3.05. The van der Waals surface area contributed by atoms with Crippen LogP contribution in [0.4, 0.5) is 5.69 Å². The Morgan fingerprint density at radius 1 is 0.914 bits per heavy atom. The zero-order valence-corrected chi connectivity index (χ0v) is 20.4. The summed E-state index contributed by atoms with van der Waals surface area (Å²) in [6.07, 6.45) is 2.44. The topological polar surface area (TPSA) is 54.7 Å². The first-order valence-corrected chi connectivity index (χ1v) is 13.9. The fourth-order valence-corrected chi connectivity index (χ4v) is 6.97. The molecule has 1 unspecified atom stereocenters. The fraction of sp³-hybridized carbons (Fsp3) is 0.207. The predicted molar refractivity (Wildman–Crippen MR) is 146 cm³/mol. The number of hydrazone groups is 1. The van der Waals surface area contributed by atoms with Crippen molar-refractivity contribution < 1.29 is 8.42 Å². The average Bonchev–Trinajstić information content (AvgIpc) is 3.40. The lowest BCUT2D eigenvalue weighted by Gasteiger charge is -2.25. The number of aromatic nitrogens is 1. The number of aryl methyl sites for hydroxylation is 1. The number of benzene rings is 4. The Morgan fingerprint density at radius 3 is 2.49 bits per heavy atom. The molecule has 0 N–H and O–H groups in total. The number of hydrogen-bond acceptors (Lipinski definition) is 4. The van der Waals surface area contributed by atoms with Gasteiger partial charge in [0, 0.05) is 28.4 Å². The van der Waals surface area contributed by atoms with E-state index in [1.807, 2.05) is 29.4 Å². The third-order valence-electron chi connectivity index (χ3n) is 7.00. The molecule has 6 rings (SSSR count). The average molecular weight is 482 g/mol. The lowest BCUT2D eigenvalue weighted by Crippen LogP contribution is -2.32. The number of para-hydroxylation sites is 1. The van der Waals surface area contributed by atoms with Gasteiger partial charge in [0.2, 0.25) is 0 Å². The zero-order valence-electron chi connectivity index (χ0n) is 19.6. The zero-order chi connectivity index (χ0) is 24.0. The van der Waals surface area contributed by atoms with Crippen molar-refractivity contribution in [3.63, 3.8) is 0 Å². The fourth-order valence-electron chi connectivity index (χ4n) is 5.28. The lowest BCUT2D eigenvalue weighted by molar-refractivity contribution is 0.600. The Morgan fingerprint density at radius 2 is 1.69 bits per heavy atom. The molecule has 0 saturated carbocycles.